The quantitative estimate of drug-likeness (QED) is 0.882. The smallest absolute Gasteiger partial charge is 0.224 e. The third-order valence-electron chi connectivity index (χ3n) is 3.30. The Hall–Kier alpha value is -1.13. The summed E-state index contributed by atoms with van der Waals surface area (Å²) in [4.78, 5) is 11.9. The fraction of sp³-hybridized carbons (Fsp3) is 0.462. The van der Waals surface area contributed by atoms with Crippen LogP contribution in [0.1, 0.15) is 12.5 Å². The largest absolute Gasteiger partial charge is 0.352 e. The van der Waals surface area contributed by atoms with Gasteiger partial charge in [0.25, 0.3) is 0 Å². The predicted molar refractivity (Wildman–Crippen MR) is 68.8 cm³/mol. The van der Waals surface area contributed by atoms with Crippen molar-refractivity contribution in [2.45, 2.75) is 13.5 Å². The number of nitrogens with one attached hydrogen (secondary N) is 2. The van der Waals surface area contributed by atoms with Crippen molar-refractivity contribution in [3.8, 4) is 0 Å². The zero-order valence-electron chi connectivity index (χ0n) is 10.2. The van der Waals surface area contributed by atoms with Gasteiger partial charge in [0.2, 0.25) is 5.91 Å². The van der Waals surface area contributed by atoms with Crippen LogP contribution in [0.15, 0.2) is 18.2 Å². The Kier molecular flexibility index (Phi) is 4.19. The van der Waals surface area contributed by atoms with E-state index in [0.29, 0.717) is 12.5 Å². The lowest BCUT2D eigenvalue weighted by Gasteiger charge is -2.14. The maximum absolute atomic E-state index is 13.0. The van der Waals surface area contributed by atoms with Crippen molar-refractivity contribution in [3.63, 3.8) is 0 Å². The van der Waals surface area contributed by atoms with E-state index in [9.17, 15) is 9.18 Å². The van der Waals surface area contributed by atoms with Crippen molar-refractivity contribution in [2.75, 3.05) is 13.1 Å². The van der Waals surface area contributed by atoms with Crippen molar-refractivity contribution in [3.05, 3.63) is 34.6 Å². The average Bonchev–Trinajstić information content (AvgIpc) is 2.77. The lowest BCUT2D eigenvalue weighted by molar-refractivity contribution is -0.125. The van der Waals surface area contributed by atoms with Crippen LogP contribution in [-0.2, 0) is 11.3 Å². The molecule has 0 saturated carbocycles. The maximum atomic E-state index is 13.0. The normalized spacial score (nSPS) is 23.1. The summed E-state index contributed by atoms with van der Waals surface area (Å²) in [7, 11) is 0. The second kappa shape index (κ2) is 5.67. The molecule has 1 aliphatic heterocycles. The lowest BCUT2D eigenvalue weighted by Crippen LogP contribution is -2.33. The molecule has 1 aromatic carbocycles. The zero-order chi connectivity index (χ0) is 13.1. The van der Waals surface area contributed by atoms with E-state index >= 15 is 0 Å². The second-order valence-corrected chi connectivity index (χ2v) is 5.12. The minimum absolute atomic E-state index is 0.0147. The summed E-state index contributed by atoms with van der Waals surface area (Å²) in [6.07, 6.45) is 0. The summed E-state index contributed by atoms with van der Waals surface area (Å²) in [5.41, 5.74) is 0.799. The molecular weight excluding hydrogens is 255 g/mol. The summed E-state index contributed by atoms with van der Waals surface area (Å²) in [6.45, 7) is 4.03. The van der Waals surface area contributed by atoms with Crippen molar-refractivity contribution in [1.82, 2.24) is 10.6 Å². The number of rotatable bonds is 3. The molecule has 2 N–H and O–H groups in total. The summed E-state index contributed by atoms with van der Waals surface area (Å²) in [5.74, 6) is -0.0453. The number of benzene rings is 1. The van der Waals surface area contributed by atoms with Gasteiger partial charge >= 0.3 is 0 Å². The van der Waals surface area contributed by atoms with Crippen LogP contribution in [0, 0.1) is 17.7 Å². The molecule has 1 aliphatic rings. The Morgan fingerprint density at radius 2 is 2.33 bits per heavy atom. The summed E-state index contributed by atoms with van der Waals surface area (Å²) >= 11 is 5.68. The van der Waals surface area contributed by atoms with Crippen LogP contribution in [0.5, 0.6) is 0 Å². The van der Waals surface area contributed by atoms with Crippen LogP contribution in [-0.4, -0.2) is 19.0 Å². The first kappa shape index (κ1) is 13.3. The van der Waals surface area contributed by atoms with Gasteiger partial charge in [-0.2, -0.15) is 0 Å². The first-order valence-corrected chi connectivity index (χ1v) is 6.38. The van der Waals surface area contributed by atoms with Gasteiger partial charge in [-0.25, -0.2) is 4.39 Å². The molecule has 2 rings (SSSR count). The van der Waals surface area contributed by atoms with Gasteiger partial charge in [0, 0.05) is 13.1 Å². The Labute approximate surface area is 111 Å². The highest BCUT2D eigenvalue weighted by Crippen LogP contribution is 2.17. The molecule has 0 radical (unpaired) electrons. The van der Waals surface area contributed by atoms with Gasteiger partial charge < -0.3 is 10.6 Å². The van der Waals surface area contributed by atoms with E-state index in [1.165, 1.54) is 12.1 Å². The van der Waals surface area contributed by atoms with Gasteiger partial charge in [-0.3, -0.25) is 4.79 Å². The number of carbonyl (C=O) groups excluding carboxylic acids is 1. The number of hydrogen-bond acceptors (Lipinski definition) is 2. The summed E-state index contributed by atoms with van der Waals surface area (Å²) < 4.78 is 13.0. The molecule has 2 atom stereocenters. The molecule has 2 unspecified atom stereocenters. The van der Waals surface area contributed by atoms with Gasteiger partial charge in [0.15, 0.2) is 0 Å². The zero-order valence-corrected chi connectivity index (χ0v) is 10.9. The molecule has 5 heteroatoms. The van der Waals surface area contributed by atoms with Crippen LogP contribution >= 0.6 is 11.6 Å². The Bertz CT molecular complexity index is 453. The van der Waals surface area contributed by atoms with Crippen molar-refractivity contribution < 1.29 is 9.18 Å². The SMILES string of the molecule is CC1CNCC1C(=O)NCc1ccc(F)c(Cl)c1. The molecule has 0 bridgehead atoms. The first-order chi connectivity index (χ1) is 8.58. The van der Waals surface area contributed by atoms with Crippen LogP contribution < -0.4 is 10.6 Å². The number of halogens is 2. The fourth-order valence-corrected chi connectivity index (χ4v) is 2.33. The average molecular weight is 271 g/mol. The van der Waals surface area contributed by atoms with E-state index in [4.69, 9.17) is 11.6 Å². The number of amides is 1. The van der Waals surface area contributed by atoms with Gasteiger partial charge in [0.1, 0.15) is 5.82 Å². The first-order valence-electron chi connectivity index (χ1n) is 6.00. The van der Waals surface area contributed by atoms with Crippen molar-refractivity contribution in [1.29, 1.82) is 0 Å². The molecule has 1 fully saturated rings. The summed E-state index contributed by atoms with van der Waals surface area (Å²) in [6, 6.07) is 4.47. The fourth-order valence-electron chi connectivity index (χ4n) is 2.13. The van der Waals surface area contributed by atoms with E-state index < -0.39 is 5.82 Å². The van der Waals surface area contributed by atoms with E-state index in [2.05, 4.69) is 17.6 Å². The van der Waals surface area contributed by atoms with Gasteiger partial charge in [-0.15, -0.1) is 0 Å². The maximum Gasteiger partial charge on any atom is 0.224 e. The van der Waals surface area contributed by atoms with E-state index in [1.807, 2.05) is 0 Å². The second-order valence-electron chi connectivity index (χ2n) is 4.71. The topological polar surface area (TPSA) is 41.1 Å². The highest BCUT2D eigenvalue weighted by atomic mass is 35.5. The molecule has 0 spiro atoms. The monoisotopic (exact) mass is 270 g/mol. The molecule has 98 valence electrons. The standard InChI is InChI=1S/C13H16ClFN2O/c1-8-5-16-7-10(8)13(18)17-6-9-2-3-12(15)11(14)4-9/h2-4,8,10,16H,5-7H2,1H3,(H,17,18). The summed E-state index contributed by atoms with van der Waals surface area (Å²) in [5, 5.41) is 6.13. The highest BCUT2D eigenvalue weighted by Gasteiger charge is 2.29. The third-order valence-corrected chi connectivity index (χ3v) is 3.59. The molecule has 0 aliphatic carbocycles. The number of hydrogen-bond donors (Lipinski definition) is 2. The van der Waals surface area contributed by atoms with Crippen molar-refractivity contribution >= 4 is 17.5 Å². The Morgan fingerprint density at radius 3 is 2.94 bits per heavy atom. The molecule has 1 heterocycles. The van der Waals surface area contributed by atoms with Crippen LogP contribution in [0.25, 0.3) is 0 Å². The lowest BCUT2D eigenvalue weighted by atomic mass is 9.97. The third kappa shape index (κ3) is 3.00. The Balaban J connectivity index is 1.91. The molecule has 1 aromatic rings. The van der Waals surface area contributed by atoms with Gasteiger partial charge in [-0.05, 0) is 30.2 Å². The highest BCUT2D eigenvalue weighted by molar-refractivity contribution is 6.30. The molecular formula is C13H16ClFN2O. The van der Waals surface area contributed by atoms with Crippen LogP contribution in [0.4, 0.5) is 4.39 Å². The van der Waals surface area contributed by atoms with Crippen LogP contribution in [0.3, 0.4) is 0 Å². The minimum Gasteiger partial charge on any atom is -0.352 e. The minimum atomic E-state index is -0.444. The Morgan fingerprint density at radius 1 is 1.56 bits per heavy atom. The molecule has 1 amide bonds. The molecule has 0 aromatic heterocycles. The number of carbonyl (C=O) groups is 1. The van der Waals surface area contributed by atoms with Gasteiger partial charge in [0.05, 0.1) is 10.9 Å². The predicted octanol–water partition coefficient (Wildman–Crippen LogP) is 1.95. The molecule has 18 heavy (non-hydrogen) atoms. The van der Waals surface area contributed by atoms with Crippen molar-refractivity contribution in [2.24, 2.45) is 11.8 Å². The molecule has 1 saturated heterocycles. The van der Waals surface area contributed by atoms with E-state index in [-0.39, 0.29) is 16.8 Å². The van der Waals surface area contributed by atoms with Gasteiger partial charge in [-0.1, -0.05) is 24.6 Å². The van der Waals surface area contributed by atoms with E-state index in [0.717, 1.165) is 18.7 Å². The van der Waals surface area contributed by atoms with E-state index in [1.54, 1.807) is 6.07 Å². The van der Waals surface area contributed by atoms with Crippen LogP contribution in [0.2, 0.25) is 5.02 Å². The molecule has 3 nitrogen and oxygen atoms in total.